The Morgan fingerprint density at radius 3 is 1.41 bits per heavy atom. The SMILES string of the molecule is CCCCC[C@H]1CC[C@H](CCCOc2ccc(OC[C@H]3CC[C@H](CCCCC)CC3)cc2)CC1. The highest BCUT2D eigenvalue weighted by molar-refractivity contribution is 5.31. The molecule has 0 aliphatic heterocycles. The number of benzene rings is 1. The van der Waals surface area contributed by atoms with Crippen LogP contribution in [0.5, 0.6) is 11.5 Å². The predicted octanol–water partition coefficient (Wildman–Crippen LogP) is 10.00. The molecule has 0 saturated heterocycles. The van der Waals surface area contributed by atoms with Crippen LogP contribution in [0, 0.1) is 23.7 Å². The first-order valence-corrected chi connectivity index (χ1v) is 15.1. The first-order valence-electron chi connectivity index (χ1n) is 15.1. The maximum atomic E-state index is 6.12. The fourth-order valence-electron chi connectivity index (χ4n) is 6.27. The lowest BCUT2D eigenvalue weighted by molar-refractivity contribution is 0.177. The number of hydrogen-bond acceptors (Lipinski definition) is 2. The smallest absolute Gasteiger partial charge is 0.119 e. The Hall–Kier alpha value is -1.18. The summed E-state index contributed by atoms with van der Waals surface area (Å²) in [7, 11) is 0. The second-order valence-corrected chi connectivity index (χ2v) is 11.5. The van der Waals surface area contributed by atoms with Gasteiger partial charge in [-0.05, 0) is 73.6 Å². The van der Waals surface area contributed by atoms with E-state index in [9.17, 15) is 0 Å². The Bertz CT molecular complexity index is 608. The van der Waals surface area contributed by atoms with Gasteiger partial charge in [0.05, 0.1) is 13.2 Å². The first-order chi connectivity index (χ1) is 16.8. The van der Waals surface area contributed by atoms with Crippen molar-refractivity contribution in [2.45, 2.75) is 129 Å². The highest BCUT2D eigenvalue weighted by Gasteiger charge is 2.22. The summed E-state index contributed by atoms with van der Waals surface area (Å²) in [6.07, 6.45) is 25.2. The molecule has 2 heteroatoms. The molecule has 0 unspecified atom stereocenters. The number of ether oxygens (including phenoxy) is 2. The minimum atomic E-state index is 0.741. The normalized spacial score (nSPS) is 25.2. The molecule has 2 aliphatic carbocycles. The minimum Gasteiger partial charge on any atom is -0.494 e. The van der Waals surface area contributed by atoms with Crippen LogP contribution in [-0.2, 0) is 0 Å². The number of rotatable bonds is 16. The summed E-state index contributed by atoms with van der Waals surface area (Å²) in [6, 6.07) is 8.35. The third kappa shape index (κ3) is 10.6. The van der Waals surface area contributed by atoms with Crippen LogP contribution in [0.1, 0.15) is 129 Å². The summed E-state index contributed by atoms with van der Waals surface area (Å²) in [6.45, 7) is 6.33. The zero-order valence-electron chi connectivity index (χ0n) is 22.6. The number of hydrogen-bond donors (Lipinski definition) is 0. The second kappa shape index (κ2) is 16.5. The van der Waals surface area contributed by atoms with Gasteiger partial charge >= 0.3 is 0 Å². The monoisotopic (exact) mass is 470 g/mol. The van der Waals surface area contributed by atoms with Crippen molar-refractivity contribution < 1.29 is 9.47 Å². The van der Waals surface area contributed by atoms with Crippen LogP contribution >= 0.6 is 0 Å². The van der Waals surface area contributed by atoms with Crippen molar-refractivity contribution in [2.24, 2.45) is 23.7 Å². The van der Waals surface area contributed by atoms with Crippen LogP contribution < -0.4 is 9.47 Å². The van der Waals surface area contributed by atoms with Crippen LogP contribution in [0.2, 0.25) is 0 Å². The zero-order chi connectivity index (χ0) is 23.8. The van der Waals surface area contributed by atoms with Gasteiger partial charge in [-0.3, -0.25) is 0 Å². The molecule has 194 valence electrons. The molecule has 2 saturated carbocycles. The van der Waals surface area contributed by atoms with Gasteiger partial charge in [0.1, 0.15) is 11.5 Å². The van der Waals surface area contributed by atoms with E-state index >= 15 is 0 Å². The molecular formula is C32H54O2. The molecule has 0 atom stereocenters. The average Bonchev–Trinajstić information content (AvgIpc) is 2.88. The van der Waals surface area contributed by atoms with E-state index < -0.39 is 0 Å². The van der Waals surface area contributed by atoms with Gasteiger partial charge in [-0.25, -0.2) is 0 Å². The highest BCUT2D eigenvalue weighted by atomic mass is 16.5. The van der Waals surface area contributed by atoms with Crippen LogP contribution in [0.3, 0.4) is 0 Å². The fourth-order valence-corrected chi connectivity index (χ4v) is 6.27. The van der Waals surface area contributed by atoms with E-state index in [1.54, 1.807) is 0 Å². The van der Waals surface area contributed by atoms with E-state index in [4.69, 9.17) is 9.47 Å². The Balaban J connectivity index is 1.21. The summed E-state index contributed by atoms with van der Waals surface area (Å²) < 4.78 is 12.2. The molecule has 2 nitrogen and oxygen atoms in total. The third-order valence-electron chi connectivity index (χ3n) is 8.70. The molecule has 0 heterocycles. The van der Waals surface area contributed by atoms with Crippen LogP contribution in [-0.4, -0.2) is 13.2 Å². The van der Waals surface area contributed by atoms with Gasteiger partial charge in [-0.1, -0.05) is 104 Å². The Kier molecular flexibility index (Phi) is 13.3. The van der Waals surface area contributed by atoms with Crippen molar-refractivity contribution in [3.05, 3.63) is 24.3 Å². The Morgan fingerprint density at radius 2 is 0.941 bits per heavy atom. The molecule has 0 spiro atoms. The van der Waals surface area contributed by atoms with Crippen molar-refractivity contribution in [3.8, 4) is 11.5 Å². The molecule has 1 aromatic carbocycles. The molecular weight excluding hydrogens is 416 g/mol. The predicted molar refractivity (Wildman–Crippen MR) is 146 cm³/mol. The molecule has 0 amide bonds. The molecule has 2 fully saturated rings. The van der Waals surface area contributed by atoms with E-state index in [1.165, 1.54) is 116 Å². The Morgan fingerprint density at radius 1 is 0.529 bits per heavy atom. The van der Waals surface area contributed by atoms with Crippen LogP contribution in [0.15, 0.2) is 24.3 Å². The van der Waals surface area contributed by atoms with Gasteiger partial charge in [0.25, 0.3) is 0 Å². The van der Waals surface area contributed by atoms with Gasteiger partial charge in [-0.15, -0.1) is 0 Å². The van der Waals surface area contributed by atoms with E-state index in [0.29, 0.717) is 0 Å². The van der Waals surface area contributed by atoms with Gasteiger partial charge in [0, 0.05) is 0 Å². The van der Waals surface area contributed by atoms with Crippen LogP contribution in [0.4, 0.5) is 0 Å². The summed E-state index contributed by atoms with van der Waals surface area (Å²) in [5.41, 5.74) is 0. The lowest BCUT2D eigenvalue weighted by Gasteiger charge is -2.28. The zero-order valence-corrected chi connectivity index (χ0v) is 22.6. The number of unbranched alkanes of at least 4 members (excludes halogenated alkanes) is 4. The van der Waals surface area contributed by atoms with Crippen molar-refractivity contribution in [1.82, 2.24) is 0 Å². The maximum absolute atomic E-state index is 6.12. The first kappa shape index (κ1) is 27.4. The minimum absolute atomic E-state index is 0.741. The summed E-state index contributed by atoms with van der Waals surface area (Å²) in [5.74, 6) is 5.65. The Labute approximate surface area is 211 Å². The summed E-state index contributed by atoms with van der Waals surface area (Å²) in [5, 5.41) is 0. The molecule has 2 aliphatic rings. The van der Waals surface area contributed by atoms with Crippen molar-refractivity contribution >= 4 is 0 Å². The van der Waals surface area contributed by atoms with Crippen molar-refractivity contribution in [2.75, 3.05) is 13.2 Å². The van der Waals surface area contributed by atoms with Crippen LogP contribution in [0.25, 0.3) is 0 Å². The second-order valence-electron chi connectivity index (χ2n) is 11.5. The van der Waals surface area contributed by atoms with Crippen molar-refractivity contribution in [1.29, 1.82) is 0 Å². The van der Waals surface area contributed by atoms with E-state index in [2.05, 4.69) is 38.1 Å². The topological polar surface area (TPSA) is 18.5 Å². The summed E-state index contributed by atoms with van der Waals surface area (Å²) in [4.78, 5) is 0. The van der Waals surface area contributed by atoms with Gasteiger partial charge in [-0.2, -0.15) is 0 Å². The molecule has 0 radical (unpaired) electrons. The van der Waals surface area contributed by atoms with Gasteiger partial charge in [0.2, 0.25) is 0 Å². The standard InChI is InChI=1S/C32H54O2/c1-3-5-7-10-27-13-15-29(16-14-27)12-9-25-33-31-21-23-32(24-22-31)34-26-30-19-17-28(18-20-30)11-8-6-4-2/h21-24,27-30H,3-20,25-26H2,1-2H3/t27-,28-,29-,30-. The molecule has 1 aromatic rings. The third-order valence-corrected chi connectivity index (χ3v) is 8.70. The molecule has 0 N–H and O–H groups in total. The molecule has 34 heavy (non-hydrogen) atoms. The van der Waals surface area contributed by atoms with Gasteiger partial charge in [0.15, 0.2) is 0 Å². The summed E-state index contributed by atoms with van der Waals surface area (Å²) >= 11 is 0. The van der Waals surface area contributed by atoms with Crippen molar-refractivity contribution in [3.63, 3.8) is 0 Å². The highest BCUT2D eigenvalue weighted by Crippen LogP contribution is 2.35. The molecule has 0 aromatic heterocycles. The molecule has 0 bridgehead atoms. The average molecular weight is 471 g/mol. The lowest BCUT2D eigenvalue weighted by Crippen LogP contribution is -2.20. The van der Waals surface area contributed by atoms with E-state index in [-0.39, 0.29) is 0 Å². The molecule has 3 rings (SSSR count). The largest absolute Gasteiger partial charge is 0.494 e. The van der Waals surface area contributed by atoms with E-state index in [0.717, 1.165) is 48.4 Å². The quantitative estimate of drug-likeness (QED) is 0.224. The van der Waals surface area contributed by atoms with E-state index in [1.807, 2.05) is 0 Å². The lowest BCUT2D eigenvalue weighted by atomic mass is 9.78. The maximum Gasteiger partial charge on any atom is 0.119 e. The van der Waals surface area contributed by atoms with Gasteiger partial charge < -0.3 is 9.47 Å². The fraction of sp³-hybridized carbons (Fsp3) is 0.812.